The van der Waals surface area contributed by atoms with Crippen LogP contribution in [0.3, 0.4) is 0 Å². The molecule has 2 bridgehead atoms. The second-order valence-corrected chi connectivity index (χ2v) is 5.13. The lowest BCUT2D eigenvalue weighted by molar-refractivity contribution is -0.122. The Bertz CT molecular complexity index is 264. The van der Waals surface area contributed by atoms with Gasteiger partial charge in [0.1, 0.15) is 4.75 Å². The molecule has 0 aromatic carbocycles. The predicted octanol–water partition coefficient (Wildman–Crippen LogP) is 1.56. The van der Waals surface area contributed by atoms with E-state index in [1.54, 1.807) is 11.8 Å². The van der Waals surface area contributed by atoms with Crippen LogP contribution in [-0.2, 0) is 4.79 Å². The molecular weight excluding hydrogens is 182 g/mol. The molecule has 0 aromatic rings. The Labute approximate surface area is 82.9 Å². The minimum Gasteiger partial charge on any atom is -0.368 e. The topological polar surface area (TPSA) is 43.1 Å². The molecule has 3 rings (SSSR count). The summed E-state index contributed by atoms with van der Waals surface area (Å²) in [7, 11) is 0. The minimum absolute atomic E-state index is 0.126. The first-order chi connectivity index (χ1) is 6.19. The molecule has 2 N–H and O–H groups in total. The van der Waals surface area contributed by atoms with Crippen molar-refractivity contribution in [3.05, 3.63) is 12.2 Å². The standard InChI is InChI=1S/C10H15NOS/c1-13-10(9(11)12)6-7-2-4-8(10)5-3-7/h2,4,7-8H,3,5-6H2,1H3,(H2,11,12). The minimum atomic E-state index is -0.294. The molecule has 0 heterocycles. The molecule has 1 fully saturated rings. The van der Waals surface area contributed by atoms with Crippen molar-refractivity contribution < 1.29 is 4.79 Å². The molecule has 3 aliphatic rings. The number of allylic oxidation sites excluding steroid dienone is 2. The number of thioether (sulfide) groups is 1. The molecule has 0 radical (unpaired) electrons. The fourth-order valence-corrected chi connectivity index (χ4v) is 3.68. The van der Waals surface area contributed by atoms with Crippen LogP contribution in [-0.4, -0.2) is 16.9 Å². The van der Waals surface area contributed by atoms with Gasteiger partial charge in [0.2, 0.25) is 5.91 Å². The molecule has 0 aliphatic heterocycles. The van der Waals surface area contributed by atoms with Gasteiger partial charge in [-0.1, -0.05) is 12.2 Å². The first-order valence-corrected chi connectivity index (χ1v) is 5.95. The van der Waals surface area contributed by atoms with Crippen LogP contribution in [0.15, 0.2) is 12.2 Å². The molecule has 1 amide bonds. The van der Waals surface area contributed by atoms with Gasteiger partial charge in [-0.3, -0.25) is 4.79 Å². The summed E-state index contributed by atoms with van der Waals surface area (Å²) in [5.41, 5.74) is 5.51. The number of nitrogens with two attached hydrogens (primary N) is 1. The van der Waals surface area contributed by atoms with E-state index in [1.807, 2.05) is 6.26 Å². The van der Waals surface area contributed by atoms with Gasteiger partial charge in [0.15, 0.2) is 0 Å². The highest BCUT2D eigenvalue weighted by Gasteiger charge is 2.48. The molecule has 0 spiro atoms. The summed E-state index contributed by atoms with van der Waals surface area (Å²) < 4.78 is -0.294. The lowest BCUT2D eigenvalue weighted by atomic mass is 9.68. The largest absolute Gasteiger partial charge is 0.368 e. The summed E-state index contributed by atoms with van der Waals surface area (Å²) in [6.07, 6.45) is 9.76. The van der Waals surface area contributed by atoms with Crippen LogP contribution >= 0.6 is 11.8 Å². The first kappa shape index (κ1) is 9.13. The van der Waals surface area contributed by atoms with E-state index in [9.17, 15) is 4.79 Å². The fourth-order valence-electron chi connectivity index (χ4n) is 2.60. The summed E-state index contributed by atoms with van der Waals surface area (Å²) in [6, 6.07) is 0. The number of primary amides is 1. The fraction of sp³-hybridized carbons (Fsp3) is 0.700. The van der Waals surface area contributed by atoms with E-state index in [-0.39, 0.29) is 10.7 Å². The Morgan fingerprint density at radius 1 is 1.54 bits per heavy atom. The quantitative estimate of drug-likeness (QED) is 0.683. The lowest BCUT2D eigenvalue weighted by Gasteiger charge is -2.45. The smallest absolute Gasteiger partial charge is 0.234 e. The van der Waals surface area contributed by atoms with E-state index in [2.05, 4.69) is 12.2 Å². The maximum atomic E-state index is 11.5. The molecule has 3 aliphatic carbocycles. The zero-order valence-corrected chi connectivity index (χ0v) is 8.64. The van der Waals surface area contributed by atoms with E-state index in [4.69, 9.17) is 5.73 Å². The summed E-state index contributed by atoms with van der Waals surface area (Å²) in [6.45, 7) is 0. The van der Waals surface area contributed by atoms with Crippen LogP contribution in [0.5, 0.6) is 0 Å². The summed E-state index contributed by atoms with van der Waals surface area (Å²) in [5.74, 6) is 0.842. The molecule has 3 atom stereocenters. The van der Waals surface area contributed by atoms with Gasteiger partial charge in [-0.2, -0.15) is 0 Å². The third-order valence-electron chi connectivity index (χ3n) is 3.41. The highest BCUT2D eigenvalue weighted by atomic mass is 32.2. The maximum absolute atomic E-state index is 11.5. The predicted molar refractivity (Wildman–Crippen MR) is 55.4 cm³/mol. The highest BCUT2D eigenvalue weighted by Crippen LogP contribution is 2.49. The Kier molecular flexibility index (Phi) is 2.14. The Morgan fingerprint density at radius 2 is 2.31 bits per heavy atom. The molecule has 72 valence electrons. The molecule has 3 heteroatoms. The summed E-state index contributed by atoms with van der Waals surface area (Å²) in [4.78, 5) is 11.5. The average molecular weight is 197 g/mol. The van der Waals surface area contributed by atoms with Gasteiger partial charge in [-0.05, 0) is 31.4 Å². The third kappa shape index (κ3) is 1.21. The van der Waals surface area contributed by atoms with Crippen LogP contribution in [0, 0.1) is 11.8 Å². The molecule has 3 unspecified atom stereocenters. The SMILES string of the molecule is CSC1(C(N)=O)CC2C=CC1CC2. The first-order valence-electron chi connectivity index (χ1n) is 4.72. The highest BCUT2D eigenvalue weighted by molar-refractivity contribution is 8.00. The normalized spacial score (nSPS) is 42.2. The van der Waals surface area contributed by atoms with Crippen LogP contribution < -0.4 is 5.73 Å². The molecule has 13 heavy (non-hydrogen) atoms. The molecule has 2 nitrogen and oxygen atoms in total. The average Bonchev–Trinajstić information content (AvgIpc) is 2.19. The maximum Gasteiger partial charge on any atom is 0.234 e. The Morgan fingerprint density at radius 3 is 2.54 bits per heavy atom. The van der Waals surface area contributed by atoms with Crippen molar-refractivity contribution in [2.75, 3.05) is 6.26 Å². The van der Waals surface area contributed by atoms with Gasteiger partial charge in [-0.25, -0.2) is 0 Å². The van der Waals surface area contributed by atoms with E-state index in [0.29, 0.717) is 11.8 Å². The second kappa shape index (κ2) is 3.05. The van der Waals surface area contributed by atoms with Gasteiger partial charge in [0.05, 0.1) is 0 Å². The monoisotopic (exact) mass is 197 g/mol. The molecular formula is C10H15NOS. The van der Waals surface area contributed by atoms with E-state index >= 15 is 0 Å². The van der Waals surface area contributed by atoms with Gasteiger partial charge >= 0.3 is 0 Å². The Hall–Kier alpha value is -0.440. The van der Waals surface area contributed by atoms with Crippen LogP contribution in [0.1, 0.15) is 19.3 Å². The molecule has 1 saturated carbocycles. The van der Waals surface area contributed by atoms with Crippen molar-refractivity contribution in [1.82, 2.24) is 0 Å². The second-order valence-electron chi connectivity index (χ2n) is 3.99. The third-order valence-corrected chi connectivity index (χ3v) is 4.81. The van der Waals surface area contributed by atoms with Crippen LogP contribution in [0.25, 0.3) is 0 Å². The molecule has 0 saturated heterocycles. The van der Waals surface area contributed by atoms with Crippen LogP contribution in [0.4, 0.5) is 0 Å². The number of amides is 1. The van der Waals surface area contributed by atoms with Crippen LogP contribution in [0.2, 0.25) is 0 Å². The number of hydrogen-bond donors (Lipinski definition) is 1. The zero-order valence-electron chi connectivity index (χ0n) is 7.82. The lowest BCUT2D eigenvalue weighted by Crippen LogP contribution is -2.51. The number of carbonyl (C=O) groups is 1. The van der Waals surface area contributed by atoms with E-state index in [0.717, 1.165) is 12.8 Å². The van der Waals surface area contributed by atoms with Crippen molar-refractivity contribution in [2.24, 2.45) is 17.6 Å². The van der Waals surface area contributed by atoms with Gasteiger partial charge in [-0.15, -0.1) is 11.8 Å². The van der Waals surface area contributed by atoms with E-state index in [1.165, 1.54) is 6.42 Å². The number of fused-ring (bicyclic) bond motifs is 2. The summed E-state index contributed by atoms with van der Waals surface area (Å²) >= 11 is 1.64. The number of hydrogen-bond acceptors (Lipinski definition) is 2. The zero-order chi connectivity index (χ0) is 9.47. The number of rotatable bonds is 2. The van der Waals surface area contributed by atoms with Gasteiger partial charge in [0.25, 0.3) is 0 Å². The van der Waals surface area contributed by atoms with Gasteiger partial charge < -0.3 is 5.73 Å². The van der Waals surface area contributed by atoms with Crippen molar-refractivity contribution in [2.45, 2.75) is 24.0 Å². The van der Waals surface area contributed by atoms with Crippen molar-refractivity contribution >= 4 is 17.7 Å². The van der Waals surface area contributed by atoms with Crippen molar-refractivity contribution in [1.29, 1.82) is 0 Å². The number of carbonyl (C=O) groups excluding carboxylic acids is 1. The summed E-state index contributed by atoms with van der Waals surface area (Å²) in [5, 5.41) is 0. The Balaban J connectivity index is 2.33. The van der Waals surface area contributed by atoms with Crippen molar-refractivity contribution in [3.63, 3.8) is 0 Å². The van der Waals surface area contributed by atoms with Crippen molar-refractivity contribution in [3.8, 4) is 0 Å². The van der Waals surface area contributed by atoms with E-state index < -0.39 is 0 Å². The molecule has 0 aromatic heterocycles. The van der Waals surface area contributed by atoms with Gasteiger partial charge in [0, 0.05) is 5.92 Å².